The maximum absolute atomic E-state index is 12.9. The lowest BCUT2D eigenvalue weighted by Gasteiger charge is -2.34. The standard InChI is InChI=1S/C29H27F3N4O4/c1-35-25(33-21-9-10-22(28(37)38)34-27(21)35)15-36-13-11-17(12-14-36)20-3-2-4-23-26(20)39-16-24(40-23)18-5-7-19(8-6-18)29(30,31)32/h2-10,17,24H,11-16H2,1H3,(H,37,38). The molecule has 1 fully saturated rings. The van der Waals surface area contributed by atoms with Crippen LogP contribution in [-0.2, 0) is 19.8 Å². The summed E-state index contributed by atoms with van der Waals surface area (Å²) in [6.07, 6.45) is -3.05. The van der Waals surface area contributed by atoms with Crippen LogP contribution < -0.4 is 9.47 Å². The topological polar surface area (TPSA) is 89.7 Å². The van der Waals surface area contributed by atoms with Crippen molar-refractivity contribution in [1.29, 1.82) is 0 Å². The fourth-order valence-corrected chi connectivity index (χ4v) is 5.47. The van der Waals surface area contributed by atoms with E-state index in [0.717, 1.165) is 49.5 Å². The average Bonchev–Trinajstić information content (AvgIpc) is 3.26. The molecule has 0 radical (unpaired) electrons. The van der Waals surface area contributed by atoms with E-state index < -0.39 is 23.8 Å². The summed E-state index contributed by atoms with van der Waals surface area (Å²) in [5, 5.41) is 9.24. The molecular weight excluding hydrogens is 525 g/mol. The van der Waals surface area contributed by atoms with E-state index in [0.29, 0.717) is 34.8 Å². The number of halogens is 3. The van der Waals surface area contributed by atoms with Gasteiger partial charge in [0.15, 0.2) is 28.9 Å². The maximum Gasteiger partial charge on any atom is 0.416 e. The largest absolute Gasteiger partial charge is 0.485 e. The highest BCUT2D eigenvalue weighted by atomic mass is 19.4. The molecule has 208 valence electrons. The molecule has 0 amide bonds. The number of likely N-dealkylation sites (tertiary alicyclic amines) is 1. The van der Waals surface area contributed by atoms with Gasteiger partial charge in [0.25, 0.3) is 0 Å². The first-order valence-electron chi connectivity index (χ1n) is 13.0. The van der Waals surface area contributed by atoms with E-state index in [-0.39, 0.29) is 18.2 Å². The van der Waals surface area contributed by atoms with Crippen molar-refractivity contribution >= 4 is 17.1 Å². The highest BCUT2D eigenvalue weighted by molar-refractivity contribution is 5.88. The SMILES string of the molecule is Cn1c(CN2CCC(c3cccc4c3OCC(c3ccc(C(F)(F)F)cc3)O4)CC2)nc2ccc(C(=O)O)nc21. The van der Waals surface area contributed by atoms with E-state index in [9.17, 15) is 23.1 Å². The molecule has 1 atom stereocenters. The Morgan fingerprint density at radius 3 is 2.50 bits per heavy atom. The molecule has 1 saturated heterocycles. The lowest BCUT2D eigenvalue weighted by Crippen LogP contribution is -2.33. The molecule has 1 N–H and O–H groups in total. The summed E-state index contributed by atoms with van der Waals surface area (Å²) in [5.74, 6) is 1.34. The van der Waals surface area contributed by atoms with Crippen LogP contribution in [0, 0.1) is 0 Å². The zero-order valence-electron chi connectivity index (χ0n) is 21.7. The van der Waals surface area contributed by atoms with Gasteiger partial charge in [0.1, 0.15) is 17.9 Å². The number of carbonyl (C=O) groups is 1. The molecule has 0 bridgehead atoms. The lowest BCUT2D eigenvalue weighted by atomic mass is 9.88. The summed E-state index contributed by atoms with van der Waals surface area (Å²) in [6.45, 7) is 2.54. The van der Waals surface area contributed by atoms with Crippen LogP contribution in [0.15, 0.2) is 54.6 Å². The predicted octanol–water partition coefficient (Wildman–Crippen LogP) is 5.58. The van der Waals surface area contributed by atoms with Crippen molar-refractivity contribution in [3.05, 3.63) is 82.8 Å². The third kappa shape index (κ3) is 4.97. The number of para-hydroxylation sites is 1. The Morgan fingerprint density at radius 2 is 1.80 bits per heavy atom. The number of alkyl halides is 3. The fourth-order valence-electron chi connectivity index (χ4n) is 5.47. The number of aryl methyl sites for hydroxylation is 1. The fraction of sp³-hybridized carbons (Fsp3) is 0.345. The van der Waals surface area contributed by atoms with Gasteiger partial charge in [-0.1, -0.05) is 24.3 Å². The molecule has 6 rings (SSSR count). The quantitative estimate of drug-likeness (QED) is 0.346. The number of rotatable bonds is 5. The smallest absolute Gasteiger partial charge is 0.416 e. The first-order chi connectivity index (χ1) is 19.2. The van der Waals surface area contributed by atoms with E-state index in [2.05, 4.69) is 20.9 Å². The number of hydrogen-bond donors (Lipinski definition) is 1. The number of aromatic carboxylic acids is 1. The zero-order chi connectivity index (χ0) is 28.0. The van der Waals surface area contributed by atoms with Crippen LogP contribution in [0.1, 0.15) is 57.9 Å². The molecule has 2 aromatic carbocycles. The summed E-state index contributed by atoms with van der Waals surface area (Å²) in [6, 6.07) is 14.0. The number of nitrogens with zero attached hydrogens (tertiary/aromatic N) is 4. The van der Waals surface area contributed by atoms with Crippen molar-refractivity contribution in [3.8, 4) is 11.5 Å². The molecule has 4 heterocycles. The van der Waals surface area contributed by atoms with E-state index in [1.165, 1.54) is 18.2 Å². The van der Waals surface area contributed by atoms with Gasteiger partial charge in [-0.2, -0.15) is 13.2 Å². The number of imidazole rings is 1. The Balaban J connectivity index is 1.11. The van der Waals surface area contributed by atoms with Gasteiger partial charge in [-0.15, -0.1) is 0 Å². The van der Waals surface area contributed by atoms with Gasteiger partial charge in [0, 0.05) is 12.6 Å². The number of aromatic nitrogens is 3. The Kier molecular flexibility index (Phi) is 6.61. The first kappa shape index (κ1) is 26.1. The molecule has 2 aliphatic heterocycles. The number of benzene rings is 2. The van der Waals surface area contributed by atoms with Crippen molar-refractivity contribution in [1.82, 2.24) is 19.4 Å². The lowest BCUT2D eigenvalue weighted by molar-refractivity contribution is -0.137. The highest BCUT2D eigenvalue weighted by Crippen LogP contribution is 2.44. The molecule has 0 aliphatic carbocycles. The third-order valence-electron chi connectivity index (χ3n) is 7.69. The van der Waals surface area contributed by atoms with Crippen molar-refractivity contribution in [2.24, 2.45) is 7.05 Å². The van der Waals surface area contributed by atoms with Gasteiger partial charge >= 0.3 is 12.1 Å². The number of fused-ring (bicyclic) bond motifs is 2. The summed E-state index contributed by atoms with van der Waals surface area (Å²) >= 11 is 0. The second-order valence-electron chi connectivity index (χ2n) is 10.2. The molecule has 2 aliphatic rings. The summed E-state index contributed by atoms with van der Waals surface area (Å²) < 4.78 is 53.0. The van der Waals surface area contributed by atoms with Gasteiger partial charge in [-0.25, -0.2) is 14.8 Å². The van der Waals surface area contributed by atoms with Gasteiger partial charge in [0.2, 0.25) is 0 Å². The van der Waals surface area contributed by atoms with Crippen molar-refractivity contribution < 1.29 is 32.5 Å². The molecule has 11 heteroatoms. The van der Waals surface area contributed by atoms with Gasteiger partial charge < -0.3 is 19.1 Å². The second kappa shape index (κ2) is 10.1. The molecule has 0 saturated carbocycles. The Bertz CT molecular complexity index is 1560. The predicted molar refractivity (Wildman–Crippen MR) is 139 cm³/mol. The van der Waals surface area contributed by atoms with Crippen LogP contribution in [0.2, 0.25) is 0 Å². The maximum atomic E-state index is 12.9. The molecule has 40 heavy (non-hydrogen) atoms. The van der Waals surface area contributed by atoms with E-state index in [1.807, 2.05) is 23.7 Å². The monoisotopic (exact) mass is 552 g/mol. The van der Waals surface area contributed by atoms with Crippen LogP contribution in [0.5, 0.6) is 11.5 Å². The number of pyridine rings is 1. The normalized spacial score (nSPS) is 18.2. The number of hydrogen-bond acceptors (Lipinski definition) is 6. The van der Waals surface area contributed by atoms with Gasteiger partial charge in [-0.05, 0) is 67.7 Å². The minimum Gasteiger partial charge on any atom is -0.485 e. The summed E-state index contributed by atoms with van der Waals surface area (Å²) in [5.41, 5.74) is 2.23. The number of ether oxygens (including phenoxy) is 2. The number of piperidine rings is 1. The summed E-state index contributed by atoms with van der Waals surface area (Å²) in [4.78, 5) is 22.5. The van der Waals surface area contributed by atoms with Crippen LogP contribution >= 0.6 is 0 Å². The number of carboxylic acid groups (broad SMARTS) is 1. The van der Waals surface area contributed by atoms with Gasteiger partial charge in [0.05, 0.1) is 12.1 Å². The molecule has 8 nitrogen and oxygen atoms in total. The Hall–Kier alpha value is -4.12. The summed E-state index contributed by atoms with van der Waals surface area (Å²) in [7, 11) is 1.85. The minimum absolute atomic E-state index is 0.00839. The van der Waals surface area contributed by atoms with Crippen LogP contribution in [0.3, 0.4) is 0 Å². The van der Waals surface area contributed by atoms with Crippen molar-refractivity contribution in [2.45, 2.75) is 37.6 Å². The van der Waals surface area contributed by atoms with Crippen LogP contribution in [0.4, 0.5) is 13.2 Å². The minimum atomic E-state index is -4.38. The Labute approximate surface area is 228 Å². The second-order valence-corrected chi connectivity index (χ2v) is 10.2. The molecule has 2 aromatic heterocycles. The first-order valence-corrected chi connectivity index (χ1v) is 13.0. The van der Waals surface area contributed by atoms with Crippen molar-refractivity contribution in [3.63, 3.8) is 0 Å². The van der Waals surface area contributed by atoms with E-state index in [4.69, 9.17) is 9.47 Å². The Morgan fingerprint density at radius 1 is 1.05 bits per heavy atom. The average molecular weight is 553 g/mol. The van der Waals surface area contributed by atoms with Crippen LogP contribution in [0.25, 0.3) is 11.2 Å². The number of carboxylic acids is 1. The molecule has 0 spiro atoms. The third-order valence-corrected chi connectivity index (χ3v) is 7.69. The van der Waals surface area contributed by atoms with Gasteiger partial charge in [-0.3, -0.25) is 4.90 Å². The van der Waals surface area contributed by atoms with E-state index >= 15 is 0 Å². The van der Waals surface area contributed by atoms with Crippen LogP contribution in [-0.4, -0.2) is 50.2 Å². The molecule has 1 unspecified atom stereocenters. The highest BCUT2D eigenvalue weighted by Gasteiger charge is 2.32. The molecular formula is C29H27F3N4O4. The molecule has 4 aromatic rings. The van der Waals surface area contributed by atoms with E-state index in [1.54, 1.807) is 6.07 Å². The zero-order valence-corrected chi connectivity index (χ0v) is 21.7. The van der Waals surface area contributed by atoms with Crippen molar-refractivity contribution in [2.75, 3.05) is 19.7 Å².